The predicted octanol–water partition coefficient (Wildman–Crippen LogP) is 1.78. The third-order valence-electron chi connectivity index (χ3n) is 3.95. The highest BCUT2D eigenvalue weighted by atomic mass is 16.5. The molecule has 25 heavy (non-hydrogen) atoms. The van der Waals surface area contributed by atoms with Gasteiger partial charge in [-0.3, -0.25) is 4.79 Å². The molecule has 1 unspecified atom stereocenters. The summed E-state index contributed by atoms with van der Waals surface area (Å²) in [6, 6.07) is 9.02. The largest absolute Gasteiger partial charge is 0.466 e. The molecule has 1 aromatic rings. The maximum absolute atomic E-state index is 12.3. The number of anilines is 1. The molecule has 134 valence electrons. The van der Waals surface area contributed by atoms with E-state index in [-0.39, 0.29) is 24.4 Å². The second-order valence-electron chi connectivity index (χ2n) is 5.75. The van der Waals surface area contributed by atoms with E-state index in [2.05, 4.69) is 15.4 Å². The summed E-state index contributed by atoms with van der Waals surface area (Å²) in [4.78, 5) is 37.2. The molecule has 2 N–H and O–H groups in total. The van der Waals surface area contributed by atoms with Crippen LogP contribution in [0, 0.1) is 5.92 Å². The lowest BCUT2D eigenvalue weighted by Crippen LogP contribution is -2.46. The summed E-state index contributed by atoms with van der Waals surface area (Å²) in [6.45, 7) is 1.26. The summed E-state index contributed by atoms with van der Waals surface area (Å²) in [5.74, 6) is -0.829. The van der Waals surface area contributed by atoms with Crippen LogP contribution in [0.5, 0.6) is 0 Å². The number of nitrogens with one attached hydrogen (secondary N) is 2. The van der Waals surface area contributed by atoms with Gasteiger partial charge in [-0.2, -0.15) is 0 Å². The third-order valence-corrected chi connectivity index (χ3v) is 3.95. The van der Waals surface area contributed by atoms with E-state index in [1.807, 2.05) is 30.3 Å². The standard InChI is InChI=1S/C18H23N3O4/c1-25-16(22)10-5-11-19-17(23)14-7-6-12-21(13-14)18(24)20-15-8-3-2-4-9-15/h2-5,8-10,14H,6-7,11-13H2,1H3,(H,19,23)(H,20,24)/b10-5+. The first-order valence-corrected chi connectivity index (χ1v) is 8.23. The van der Waals surface area contributed by atoms with Gasteiger partial charge in [0.1, 0.15) is 0 Å². The normalized spacial score (nSPS) is 17.2. The second kappa shape index (κ2) is 9.46. The molecule has 1 aliphatic heterocycles. The van der Waals surface area contributed by atoms with Crippen molar-refractivity contribution in [1.82, 2.24) is 10.2 Å². The van der Waals surface area contributed by atoms with Gasteiger partial charge in [-0.25, -0.2) is 9.59 Å². The number of piperidine rings is 1. The lowest BCUT2D eigenvalue weighted by molar-refractivity contribution is -0.135. The van der Waals surface area contributed by atoms with E-state index >= 15 is 0 Å². The molecule has 0 spiro atoms. The number of carbonyl (C=O) groups is 3. The molecule has 1 saturated heterocycles. The Morgan fingerprint density at radius 1 is 1.28 bits per heavy atom. The molecular formula is C18H23N3O4. The third kappa shape index (κ3) is 5.95. The average molecular weight is 345 g/mol. The number of esters is 1. The number of hydrogen-bond acceptors (Lipinski definition) is 4. The molecule has 3 amide bonds. The monoisotopic (exact) mass is 345 g/mol. The number of amides is 3. The average Bonchev–Trinajstić information content (AvgIpc) is 2.65. The van der Waals surface area contributed by atoms with E-state index < -0.39 is 5.97 Å². The van der Waals surface area contributed by atoms with Crippen molar-refractivity contribution in [2.45, 2.75) is 12.8 Å². The smallest absolute Gasteiger partial charge is 0.330 e. The number of urea groups is 1. The summed E-state index contributed by atoms with van der Waals surface area (Å²) in [6.07, 6.45) is 4.31. The van der Waals surface area contributed by atoms with Gasteiger partial charge >= 0.3 is 12.0 Å². The number of hydrogen-bond donors (Lipinski definition) is 2. The Bertz CT molecular complexity index is 630. The van der Waals surface area contributed by atoms with Crippen LogP contribution in [0.15, 0.2) is 42.5 Å². The molecule has 2 rings (SSSR count). The minimum Gasteiger partial charge on any atom is -0.466 e. The van der Waals surface area contributed by atoms with Crippen molar-refractivity contribution < 1.29 is 19.1 Å². The first-order valence-electron chi connectivity index (χ1n) is 8.23. The van der Waals surface area contributed by atoms with Crippen molar-refractivity contribution in [2.24, 2.45) is 5.92 Å². The minimum atomic E-state index is -0.462. The molecule has 1 atom stereocenters. The van der Waals surface area contributed by atoms with E-state index in [9.17, 15) is 14.4 Å². The lowest BCUT2D eigenvalue weighted by Gasteiger charge is -2.32. The Hall–Kier alpha value is -2.83. The fourth-order valence-corrected chi connectivity index (χ4v) is 2.63. The minimum absolute atomic E-state index is 0.119. The first kappa shape index (κ1) is 18.5. The van der Waals surface area contributed by atoms with Gasteiger partial charge in [0, 0.05) is 31.4 Å². The van der Waals surface area contributed by atoms with Crippen LogP contribution in [-0.4, -0.2) is 49.6 Å². The number of methoxy groups -OCH3 is 1. The van der Waals surface area contributed by atoms with Gasteiger partial charge in [-0.05, 0) is 25.0 Å². The van der Waals surface area contributed by atoms with E-state index in [1.54, 1.807) is 4.90 Å². The zero-order chi connectivity index (χ0) is 18.1. The van der Waals surface area contributed by atoms with Gasteiger partial charge in [0.05, 0.1) is 13.0 Å². The summed E-state index contributed by atoms with van der Waals surface area (Å²) in [7, 11) is 1.29. The van der Waals surface area contributed by atoms with Crippen molar-refractivity contribution in [3.8, 4) is 0 Å². The van der Waals surface area contributed by atoms with Crippen LogP contribution >= 0.6 is 0 Å². The Kier molecular flexibility index (Phi) is 7.00. The van der Waals surface area contributed by atoms with Crippen molar-refractivity contribution >= 4 is 23.6 Å². The van der Waals surface area contributed by atoms with E-state index in [0.29, 0.717) is 13.1 Å². The van der Waals surface area contributed by atoms with Gasteiger partial charge in [-0.1, -0.05) is 24.3 Å². The zero-order valence-electron chi connectivity index (χ0n) is 14.2. The van der Waals surface area contributed by atoms with Crippen LogP contribution < -0.4 is 10.6 Å². The summed E-state index contributed by atoms with van der Waals surface area (Å²) in [5, 5.41) is 5.58. The quantitative estimate of drug-likeness (QED) is 0.629. The highest BCUT2D eigenvalue weighted by Crippen LogP contribution is 2.18. The topological polar surface area (TPSA) is 87.7 Å². The van der Waals surface area contributed by atoms with Crippen LogP contribution in [-0.2, 0) is 14.3 Å². The zero-order valence-corrected chi connectivity index (χ0v) is 14.2. The van der Waals surface area contributed by atoms with Crippen LogP contribution in [0.3, 0.4) is 0 Å². The van der Waals surface area contributed by atoms with Crippen molar-refractivity contribution in [3.05, 3.63) is 42.5 Å². The van der Waals surface area contributed by atoms with E-state index in [4.69, 9.17) is 0 Å². The van der Waals surface area contributed by atoms with Crippen molar-refractivity contribution in [3.63, 3.8) is 0 Å². The summed E-state index contributed by atoms with van der Waals surface area (Å²) < 4.78 is 4.47. The molecular weight excluding hydrogens is 322 g/mol. The highest BCUT2D eigenvalue weighted by molar-refractivity contribution is 5.90. The molecule has 0 aromatic heterocycles. The number of nitrogens with zero attached hydrogens (tertiary/aromatic N) is 1. The van der Waals surface area contributed by atoms with Gasteiger partial charge in [0.25, 0.3) is 0 Å². The number of para-hydroxylation sites is 1. The number of ether oxygens (including phenoxy) is 1. The molecule has 1 aromatic carbocycles. The molecule has 0 saturated carbocycles. The molecule has 1 fully saturated rings. The Morgan fingerprint density at radius 2 is 2.04 bits per heavy atom. The van der Waals surface area contributed by atoms with Crippen molar-refractivity contribution in [2.75, 3.05) is 32.1 Å². The Labute approximate surface area is 147 Å². The van der Waals surface area contributed by atoms with Gasteiger partial charge < -0.3 is 20.3 Å². The Balaban J connectivity index is 1.81. The predicted molar refractivity (Wildman–Crippen MR) is 93.9 cm³/mol. The van der Waals surface area contributed by atoms with Crippen molar-refractivity contribution in [1.29, 1.82) is 0 Å². The maximum atomic E-state index is 12.3. The van der Waals surface area contributed by atoms with E-state index in [1.165, 1.54) is 19.3 Å². The number of carbonyl (C=O) groups excluding carboxylic acids is 3. The summed E-state index contributed by atoms with van der Waals surface area (Å²) >= 11 is 0. The molecule has 1 heterocycles. The van der Waals surface area contributed by atoms with Crippen LogP contribution in [0.4, 0.5) is 10.5 Å². The van der Waals surface area contributed by atoms with Crippen LogP contribution in [0.25, 0.3) is 0 Å². The van der Waals surface area contributed by atoms with Crippen LogP contribution in [0.2, 0.25) is 0 Å². The fourth-order valence-electron chi connectivity index (χ4n) is 2.63. The molecule has 7 nitrogen and oxygen atoms in total. The summed E-state index contributed by atoms with van der Waals surface area (Å²) in [5.41, 5.74) is 0.729. The van der Waals surface area contributed by atoms with E-state index in [0.717, 1.165) is 18.5 Å². The first-order chi connectivity index (χ1) is 12.1. The lowest BCUT2D eigenvalue weighted by atomic mass is 9.97. The fraction of sp³-hybridized carbons (Fsp3) is 0.389. The number of rotatable bonds is 5. The maximum Gasteiger partial charge on any atom is 0.330 e. The molecule has 0 bridgehead atoms. The second-order valence-corrected chi connectivity index (χ2v) is 5.75. The SMILES string of the molecule is COC(=O)/C=C/CNC(=O)C1CCCN(C(=O)Nc2ccccc2)C1. The number of likely N-dealkylation sites (tertiary alicyclic amines) is 1. The van der Waals surface area contributed by atoms with Gasteiger partial charge in [0.2, 0.25) is 5.91 Å². The highest BCUT2D eigenvalue weighted by Gasteiger charge is 2.28. The molecule has 0 aliphatic carbocycles. The van der Waals surface area contributed by atoms with Crippen LogP contribution in [0.1, 0.15) is 12.8 Å². The van der Waals surface area contributed by atoms with Gasteiger partial charge in [-0.15, -0.1) is 0 Å². The molecule has 7 heteroatoms. The molecule has 0 radical (unpaired) electrons. The Morgan fingerprint density at radius 3 is 2.76 bits per heavy atom. The van der Waals surface area contributed by atoms with Gasteiger partial charge in [0.15, 0.2) is 0 Å². The number of benzene rings is 1. The molecule has 1 aliphatic rings.